The second-order valence-corrected chi connectivity index (χ2v) is 4.33. The molecule has 1 aromatic heterocycles. The van der Waals surface area contributed by atoms with E-state index < -0.39 is 0 Å². The summed E-state index contributed by atoms with van der Waals surface area (Å²) in [6, 6.07) is 5.71. The van der Waals surface area contributed by atoms with Gasteiger partial charge in [0.25, 0.3) is 0 Å². The topological polar surface area (TPSA) is 62.3 Å². The molecule has 0 unspecified atom stereocenters. The SMILES string of the molecule is COc1cc(OC)cc(-c2nc(CN)c(C)n2C)c1. The van der Waals surface area contributed by atoms with Crippen molar-refractivity contribution < 1.29 is 9.47 Å². The predicted molar refractivity (Wildman–Crippen MR) is 74.4 cm³/mol. The van der Waals surface area contributed by atoms with Crippen molar-refractivity contribution in [2.45, 2.75) is 13.5 Å². The molecule has 0 radical (unpaired) electrons. The number of nitrogens with two attached hydrogens (primary N) is 1. The molecule has 102 valence electrons. The van der Waals surface area contributed by atoms with E-state index in [4.69, 9.17) is 15.2 Å². The molecule has 1 heterocycles. The van der Waals surface area contributed by atoms with E-state index in [0.717, 1.165) is 34.3 Å². The van der Waals surface area contributed by atoms with Crippen LogP contribution in [0.1, 0.15) is 11.4 Å². The average Bonchev–Trinajstić information content (AvgIpc) is 2.74. The Hall–Kier alpha value is -2.01. The Morgan fingerprint density at radius 3 is 2.16 bits per heavy atom. The molecule has 2 rings (SSSR count). The van der Waals surface area contributed by atoms with Crippen molar-refractivity contribution in [3.8, 4) is 22.9 Å². The molecule has 0 saturated heterocycles. The van der Waals surface area contributed by atoms with Crippen LogP contribution in [0.4, 0.5) is 0 Å². The molecular formula is C14H19N3O2. The standard InChI is InChI=1S/C14H19N3O2/c1-9-13(8-15)16-14(17(9)2)10-5-11(18-3)7-12(6-10)19-4/h5-7H,8,15H2,1-4H3. The fourth-order valence-corrected chi connectivity index (χ4v) is 2.02. The van der Waals surface area contributed by atoms with E-state index in [1.807, 2.05) is 36.7 Å². The van der Waals surface area contributed by atoms with Crippen molar-refractivity contribution in [1.29, 1.82) is 0 Å². The highest BCUT2D eigenvalue weighted by atomic mass is 16.5. The molecule has 2 aromatic rings. The van der Waals surface area contributed by atoms with Gasteiger partial charge in [0.2, 0.25) is 0 Å². The van der Waals surface area contributed by atoms with Crippen molar-refractivity contribution in [3.05, 3.63) is 29.6 Å². The molecule has 19 heavy (non-hydrogen) atoms. The van der Waals surface area contributed by atoms with Gasteiger partial charge in [-0.2, -0.15) is 0 Å². The number of hydrogen-bond donors (Lipinski definition) is 1. The Balaban J connectivity index is 2.57. The maximum atomic E-state index is 5.70. The van der Waals surface area contributed by atoms with Crippen LogP contribution in [0, 0.1) is 6.92 Å². The normalized spacial score (nSPS) is 10.6. The van der Waals surface area contributed by atoms with Gasteiger partial charge in [-0.05, 0) is 19.1 Å². The molecule has 1 aromatic carbocycles. The first-order valence-electron chi connectivity index (χ1n) is 6.06. The van der Waals surface area contributed by atoms with E-state index >= 15 is 0 Å². The van der Waals surface area contributed by atoms with Crippen molar-refractivity contribution in [3.63, 3.8) is 0 Å². The molecule has 0 spiro atoms. The third-order valence-corrected chi connectivity index (χ3v) is 3.28. The number of benzene rings is 1. The number of nitrogens with zero attached hydrogens (tertiary/aromatic N) is 2. The van der Waals surface area contributed by atoms with Gasteiger partial charge in [0, 0.05) is 30.9 Å². The maximum Gasteiger partial charge on any atom is 0.140 e. The van der Waals surface area contributed by atoms with Crippen LogP contribution in [0.25, 0.3) is 11.4 Å². The summed E-state index contributed by atoms with van der Waals surface area (Å²) in [6.45, 7) is 2.44. The van der Waals surface area contributed by atoms with E-state index in [1.54, 1.807) is 14.2 Å². The molecule has 0 aliphatic carbocycles. The van der Waals surface area contributed by atoms with E-state index in [-0.39, 0.29) is 0 Å². The zero-order valence-corrected chi connectivity index (χ0v) is 11.7. The lowest BCUT2D eigenvalue weighted by molar-refractivity contribution is 0.394. The van der Waals surface area contributed by atoms with Crippen LogP contribution in [-0.2, 0) is 13.6 Å². The van der Waals surface area contributed by atoms with Crippen LogP contribution in [0.2, 0.25) is 0 Å². The highest BCUT2D eigenvalue weighted by Crippen LogP contribution is 2.29. The van der Waals surface area contributed by atoms with Crippen molar-refractivity contribution >= 4 is 0 Å². The van der Waals surface area contributed by atoms with E-state index in [9.17, 15) is 0 Å². The highest BCUT2D eigenvalue weighted by molar-refractivity contribution is 5.62. The molecule has 0 bridgehead atoms. The molecule has 5 nitrogen and oxygen atoms in total. The summed E-state index contributed by atoms with van der Waals surface area (Å²) in [5, 5.41) is 0. The Kier molecular flexibility index (Phi) is 3.76. The minimum absolute atomic E-state index is 0.431. The Bertz CT molecular complexity index is 568. The lowest BCUT2D eigenvalue weighted by Crippen LogP contribution is -1.99. The molecule has 0 saturated carbocycles. The number of methoxy groups -OCH3 is 2. The van der Waals surface area contributed by atoms with Crippen LogP contribution in [0.15, 0.2) is 18.2 Å². The summed E-state index contributed by atoms with van der Waals surface area (Å²) >= 11 is 0. The Labute approximate surface area is 113 Å². The average molecular weight is 261 g/mol. The van der Waals surface area contributed by atoms with Crippen molar-refractivity contribution in [2.75, 3.05) is 14.2 Å². The van der Waals surface area contributed by atoms with Gasteiger partial charge in [-0.25, -0.2) is 4.98 Å². The number of aromatic nitrogens is 2. The van der Waals surface area contributed by atoms with Crippen LogP contribution >= 0.6 is 0 Å². The summed E-state index contributed by atoms with van der Waals surface area (Å²) in [5.74, 6) is 2.34. The molecule has 0 aliphatic rings. The molecule has 0 fully saturated rings. The third kappa shape index (κ3) is 2.42. The minimum Gasteiger partial charge on any atom is -0.497 e. The van der Waals surface area contributed by atoms with Gasteiger partial charge in [0.15, 0.2) is 0 Å². The van der Waals surface area contributed by atoms with Gasteiger partial charge < -0.3 is 19.8 Å². The van der Waals surface area contributed by atoms with Gasteiger partial charge in [-0.3, -0.25) is 0 Å². The fraction of sp³-hybridized carbons (Fsp3) is 0.357. The van der Waals surface area contributed by atoms with Gasteiger partial charge in [-0.1, -0.05) is 0 Å². The molecule has 0 atom stereocenters. The van der Waals surface area contributed by atoms with Gasteiger partial charge in [0.1, 0.15) is 17.3 Å². The Morgan fingerprint density at radius 1 is 1.16 bits per heavy atom. The van der Waals surface area contributed by atoms with Gasteiger partial charge >= 0.3 is 0 Å². The number of ether oxygens (including phenoxy) is 2. The highest BCUT2D eigenvalue weighted by Gasteiger charge is 2.13. The Morgan fingerprint density at radius 2 is 1.74 bits per heavy atom. The third-order valence-electron chi connectivity index (χ3n) is 3.28. The van der Waals surface area contributed by atoms with E-state index in [1.165, 1.54) is 0 Å². The summed E-state index contributed by atoms with van der Waals surface area (Å²) in [7, 11) is 5.24. The lowest BCUT2D eigenvalue weighted by Gasteiger charge is -2.08. The maximum absolute atomic E-state index is 5.70. The van der Waals surface area contributed by atoms with Crippen LogP contribution in [0.3, 0.4) is 0 Å². The van der Waals surface area contributed by atoms with E-state index in [0.29, 0.717) is 6.54 Å². The zero-order chi connectivity index (χ0) is 14.0. The molecule has 2 N–H and O–H groups in total. The van der Waals surface area contributed by atoms with Crippen molar-refractivity contribution in [2.24, 2.45) is 12.8 Å². The molecule has 5 heteroatoms. The molecular weight excluding hydrogens is 242 g/mol. The number of imidazole rings is 1. The minimum atomic E-state index is 0.431. The van der Waals surface area contributed by atoms with Crippen LogP contribution in [-0.4, -0.2) is 23.8 Å². The fourth-order valence-electron chi connectivity index (χ4n) is 2.02. The zero-order valence-electron chi connectivity index (χ0n) is 11.7. The summed E-state index contributed by atoms with van der Waals surface area (Å²) < 4.78 is 12.6. The summed E-state index contributed by atoms with van der Waals surface area (Å²) in [4.78, 5) is 4.58. The largest absolute Gasteiger partial charge is 0.497 e. The number of hydrogen-bond acceptors (Lipinski definition) is 4. The molecule has 0 amide bonds. The monoisotopic (exact) mass is 261 g/mol. The van der Waals surface area contributed by atoms with Gasteiger partial charge in [0.05, 0.1) is 19.9 Å². The first-order valence-corrected chi connectivity index (χ1v) is 6.06. The summed E-state index contributed by atoms with van der Waals surface area (Å²) in [6.07, 6.45) is 0. The second kappa shape index (κ2) is 5.32. The number of rotatable bonds is 4. The summed E-state index contributed by atoms with van der Waals surface area (Å²) in [5.41, 5.74) is 8.61. The predicted octanol–water partition coefficient (Wildman–Crippen LogP) is 1.87. The smallest absolute Gasteiger partial charge is 0.140 e. The second-order valence-electron chi connectivity index (χ2n) is 4.33. The van der Waals surface area contributed by atoms with Crippen LogP contribution in [0.5, 0.6) is 11.5 Å². The lowest BCUT2D eigenvalue weighted by atomic mass is 10.2. The van der Waals surface area contributed by atoms with E-state index in [2.05, 4.69) is 4.98 Å². The first kappa shape index (κ1) is 13.4. The van der Waals surface area contributed by atoms with Crippen molar-refractivity contribution in [1.82, 2.24) is 9.55 Å². The quantitative estimate of drug-likeness (QED) is 0.912. The first-order chi connectivity index (χ1) is 9.10. The molecule has 0 aliphatic heterocycles. The van der Waals surface area contributed by atoms with Crippen LogP contribution < -0.4 is 15.2 Å². The van der Waals surface area contributed by atoms with Gasteiger partial charge in [-0.15, -0.1) is 0 Å².